The average molecular weight is 345 g/mol. The molecule has 0 fully saturated rings. The largest absolute Gasteiger partial charge is 0.436 e. The van der Waals surface area contributed by atoms with Crippen LogP contribution in [0.4, 0.5) is 17.6 Å². The van der Waals surface area contributed by atoms with Gasteiger partial charge < -0.3 is 0 Å². The average Bonchev–Trinajstić information content (AvgIpc) is 2.35. The van der Waals surface area contributed by atoms with E-state index >= 15 is 0 Å². The Morgan fingerprint density at radius 3 is 2.15 bits per heavy atom. The summed E-state index contributed by atoms with van der Waals surface area (Å²) in [5, 5.41) is -0.0918. The first kappa shape index (κ1) is 15.4. The Kier molecular flexibility index (Phi) is 4.14. The second-order valence-corrected chi connectivity index (χ2v) is 4.93. The molecule has 0 aliphatic carbocycles. The van der Waals surface area contributed by atoms with Gasteiger partial charge in [-0.1, -0.05) is 34.8 Å². The molecule has 0 N–H and O–H groups in total. The van der Waals surface area contributed by atoms with Crippen LogP contribution < -0.4 is 0 Å². The summed E-state index contributed by atoms with van der Waals surface area (Å²) in [6, 6.07) is 3.73. The van der Waals surface area contributed by atoms with Gasteiger partial charge in [0.25, 0.3) is 0 Å². The van der Waals surface area contributed by atoms with Gasteiger partial charge in [-0.25, -0.2) is 9.37 Å². The highest BCUT2D eigenvalue weighted by Gasteiger charge is 2.37. The van der Waals surface area contributed by atoms with Crippen molar-refractivity contribution in [1.29, 1.82) is 0 Å². The first-order valence-electron chi connectivity index (χ1n) is 5.09. The molecule has 106 valence electrons. The fraction of sp³-hybridized carbons (Fsp3) is 0.0833. The van der Waals surface area contributed by atoms with Crippen molar-refractivity contribution in [1.82, 2.24) is 4.98 Å². The van der Waals surface area contributed by atoms with Gasteiger partial charge in [-0.15, -0.1) is 0 Å². The Morgan fingerprint density at radius 2 is 1.55 bits per heavy atom. The summed E-state index contributed by atoms with van der Waals surface area (Å²) in [5.74, 6) is -1.55. The van der Waals surface area contributed by atoms with Gasteiger partial charge in [0.2, 0.25) is 0 Å². The SMILES string of the molecule is Fc1c(-c2c(Cl)ccc(Cl)c2Cl)ccnc1C(F)(F)F. The molecule has 0 amide bonds. The Bertz CT molecular complexity index is 670. The van der Waals surface area contributed by atoms with E-state index in [0.717, 1.165) is 12.3 Å². The molecule has 0 radical (unpaired) electrons. The van der Waals surface area contributed by atoms with Crippen molar-refractivity contribution in [2.24, 2.45) is 0 Å². The van der Waals surface area contributed by atoms with E-state index in [0.29, 0.717) is 0 Å². The molecule has 1 aromatic carbocycles. The molecule has 0 aliphatic heterocycles. The Balaban J connectivity index is 2.76. The molecule has 0 saturated carbocycles. The first-order chi connectivity index (χ1) is 9.23. The maximum Gasteiger partial charge on any atom is 0.436 e. The van der Waals surface area contributed by atoms with Crippen LogP contribution in [0, 0.1) is 5.82 Å². The minimum absolute atomic E-state index is 0.0161. The molecular weight excluding hydrogens is 340 g/mol. The molecule has 8 heteroatoms. The van der Waals surface area contributed by atoms with Gasteiger partial charge in [-0.3, -0.25) is 0 Å². The third kappa shape index (κ3) is 2.71. The molecular formula is C12H4Cl3F4N. The van der Waals surface area contributed by atoms with Crippen LogP contribution in [-0.4, -0.2) is 4.98 Å². The molecule has 0 unspecified atom stereocenters. The molecule has 2 rings (SSSR count). The lowest BCUT2D eigenvalue weighted by atomic mass is 10.0. The van der Waals surface area contributed by atoms with Crippen LogP contribution in [0.1, 0.15) is 5.69 Å². The summed E-state index contributed by atoms with van der Waals surface area (Å²) in [7, 11) is 0. The Labute approximate surface area is 126 Å². The van der Waals surface area contributed by atoms with Crippen molar-refractivity contribution in [3.05, 3.63) is 51.0 Å². The van der Waals surface area contributed by atoms with Crippen molar-refractivity contribution < 1.29 is 17.6 Å². The minimum Gasteiger partial charge on any atom is -0.249 e. The first-order valence-corrected chi connectivity index (χ1v) is 6.22. The lowest BCUT2D eigenvalue weighted by Gasteiger charge is -2.13. The van der Waals surface area contributed by atoms with Crippen LogP contribution in [-0.2, 0) is 6.18 Å². The maximum absolute atomic E-state index is 14.0. The molecule has 0 aliphatic rings. The van der Waals surface area contributed by atoms with E-state index in [2.05, 4.69) is 4.98 Å². The molecule has 1 nitrogen and oxygen atoms in total. The second-order valence-electron chi connectivity index (χ2n) is 3.74. The van der Waals surface area contributed by atoms with E-state index in [1.807, 2.05) is 0 Å². The summed E-state index contributed by atoms with van der Waals surface area (Å²) in [4.78, 5) is 3.00. The van der Waals surface area contributed by atoms with Crippen LogP contribution in [0.3, 0.4) is 0 Å². The molecule has 1 heterocycles. The minimum atomic E-state index is -4.92. The highest BCUT2D eigenvalue weighted by atomic mass is 35.5. The van der Waals surface area contributed by atoms with Crippen LogP contribution in [0.25, 0.3) is 11.1 Å². The van der Waals surface area contributed by atoms with Gasteiger partial charge in [0, 0.05) is 17.3 Å². The number of alkyl halides is 3. The topological polar surface area (TPSA) is 12.9 Å². The Morgan fingerprint density at radius 1 is 0.950 bits per heavy atom. The van der Waals surface area contributed by atoms with Crippen LogP contribution >= 0.6 is 34.8 Å². The quantitative estimate of drug-likeness (QED) is 0.466. The zero-order chi connectivity index (χ0) is 15.1. The number of nitrogens with zero attached hydrogens (tertiary/aromatic N) is 1. The van der Waals surface area contributed by atoms with E-state index < -0.39 is 23.3 Å². The molecule has 0 spiro atoms. The lowest BCUT2D eigenvalue weighted by Crippen LogP contribution is -2.11. The lowest BCUT2D eigenvalue weighted by molar-refractivity contribution is -0.143. The van der Waals surface area contributed by atoms with E-state index in [1.165, 1.54) is 12.1 Å². The van der Waals surface area contributed by atoms with Gasteiger partial charge in [-0.05, 0) is 18.2 Å². The molecule has 0 saturated heterocycles. The molecule has 0 bridgehead atoms. The standard InChI is InChI=1S/C12H4Cl3F4N/c13-6-1-2-7(14)9(15)8(6)5-3-4-20-11(10(5)16)12(17,18)19/h1-4H. The number of benzene rings is 1. The Hall–Kier alpha value is -1.04. The molecule has 0 atom stereocenters. The predicted octanol–water partition coefficient (Wildman–Crippen LogP) is 5.87. The van der Waals surface area contributed by atoms with Crippen molar-refractivity contribution in [3.63, 3.8) is 0 Å². The third-order valence-corrected chi connectivity index (χ3v) is 3.59. The van der Waals surface area contributed by atoms with Crippen LogP contribution in [0.15, 0.2) is 24.4 Å². The number of rotatable bonds is 1. The predicted molar refractivity (Wildman–Crippen MR) is 69.7 cm³/mol. The number of hydrogen-bond donors (Lipinski definition) is 0. The van der Waals surface area contributed by atoms with E-state index in [1.54, 1.807) is 0 Å². The van der Waals surface area contributed by atoms with Crippen molar-refractivity contribution in [2.75, 3.05) is 0 Å². The van der Waals surface area contributed by atoms with Gasteiger partial charge in [0.15, 0.2) is 11.5 Å². The zero-order valence-electron chi connectivity index (χ0n) is 9.40. The van der Waals surface area contributed by atoms with E-state index in [4.69, 9.17) is 34.8 Å². The molecule has 1 aromatic heterocycles. The maximum atomic E-state index is 14.0. The van der Waals surface area contributed by atoms with Gasteiger partial charge in [0.1, 0.15) is 0 Å². The number of halogens is 7. The van der Waals surface area contributed by atoms with Gasteiger partial charge in [-0.2, -0.15) is 13.2 Å². The highest BCUT2D eigenvalue weighted by molar-refractivity contribution is 6.46. The van der Waals surface area contributed by atoms with Gasteiger partial charge in [0.05, 0.1) is 15.1 Å². The van der Waals surface area contributed by atoms with Crippen molar-refractivity contribution in [2.45, 2.75) is 6.18 Å². The number of pyridine rings is 1. The van der Waals surface area contributed by atoms with Crippen molar-refractivity contribution in [3.8, 4) is 11.1 Å². The summed E-state index contributed by atoms with van der Waals surface area (Å²) in [6.07, 6.45) is -4.09. The summed E-state index contributed by atoms with van der Waals surface area (Å²) in [5.41, 5.74) is -2.15. The number of hydrogen-bond acceptors (Lipinski definition) is 1. The van der Waals surface area contributed by atoms with Crippen molar-refractivity contribution >= 4 is 34.8 Å². The molecule has 20 heavy (non-hydrogen) atoms. The zero-order valence-corrected chi connectivity index (χ0v) is 11.7. The van der Waals surface area contributed by atoms with E-state index in [-0.39, 0.29) is 20.6 Å². The summed E-state index contributed by atoms with van der Waals surface area (Å²) in [6.45, 7) is 0. The monoisotopic (exact) mass is 343 g/mol. The summed E-state index contributed by atoms with van der Waals surface area (Å²) >= 11 is 17.5. The third-order valence-electron chi connectivity index (χ3n) is 2.47. The second kappa shape index (κ2) is 5.39. The number of aromatic nitrogens is 1. The van der Waals surface area contributed by atoms with Crippen LogP contribution in [0.2, 0.25) is 15.1 Å². The van der Waals surface area contributed by atoms with Crippen LogP contribution in [0.5, 0.6) is 0 Å². The summed E-state index contributed by atoms with van der Waals surface area (Å²) < 4.78 is 51.9. The fourth-order valence-corrected chi connectivity index (χ4v) is 2.34. The molecule has 2 aromatic rings. The highest BCUT2D eigenvalue weighted by Crippen LogP contribution is 2.42. The van der Waals surface area contributed by atoms with Gasteiger partial charge >= 0.3 is 6.18 Å². The van der Waals surface area contributed by atoms with E-state index in [9.17, 15) is 17.6 Å². The normalized spacial score (nSPS) is 11.8. The smallest absolute Gasteiger partial charge is 0.249 e. The fourth-order valence-electron chi connectivity index (χ4n) is 1.61.